The molecular weight excluding hydrogens is 537 g/mol. The molecule has 0 aliphatic carbocycles. The standard InChI is InChI=1S/C27H25F3N2O6S.H2/c1-25(2,24(34)35)39(36,37)18-9-7-17(8-10-18)23(33)31-15-13-26(14-16-31)21-11-12-22(27(28,29)30)32(21)19-5-3-4-6-20(19)38-26;/h3-12H,13-16H2,1-2H3,(H,34,35);1H. The Kier molecular flexibility index (Phi) is 6.09. The number of carboxylic acids is 1. The predicted molar refractivity (Wildman–Crippen MR) is 136 cm³/mol. The van der Waals surface area contributed by atoms with Crippen LogP contribution in [0.3, 0.4) is 0 Å². The highest BCUT2D eigenvalue weighted by Crippen LogP contribution is 2.48. The van der Waals surface area contributed by atoms with Crippen molar-refractivity contribution >= 4 is 21.7 Å². The SMILES string of the molecule is CC(C)(C(=O)O)S(=O)(=O)c1ccc(C(=O)N2CCC3(CC2)Oc2ccccc2-n2c(C(F)(F)F)ccc23)cc1.[HH]. The maximum absolute atomic E-state index is 13.8. The minimum Gasteiger partial charge on any atom is -0.480 e. The highest BCUT2D eigenvalue weighted by atomic mass is 32.2. The van der Waals surface area contributed by atoms with E-state index >= 15 is 0 Å². The summed E-state index contributed by atoms with van der Waals surface area (Å²) < 4.78 is 72.4. The topological polar surface area (TPSA) is 106 Å². The van der Waals surface area contributed by atoms with Gasteiger partial charge in [-0.15, -0.1) is 0 Å². The summed E-state index contributed by atoms with van der Waals surface area (Å²) in [5.41, 5.74) is -0.983. The van der Waals surface area contributed by atoms with Crippen LogP contribution in [-0.4, -0.2) is 52.7 Å². The van der Waals surface area contributed by atoms with Crippen molar-refractivity contribution in [2.75, 3.05) is 13.1 Å². The molecular formula is C27H27F3N2O6S. The summed E-state index contributed by atoms with van der Waals surface area (Å²) in [6.45, 7) is 2.57. The molecule has 3 heterocycles. The quantitative estimate of drug-likeness (QED) is 0.483. The Morgan fingerprint density at radius 2 is 1.59 bits per heavy atom. The van der Waals surface area contributed by atoms with E-state index in [1.807, 2.05) is 0 Å². The number of carbonyl (C=O) groups excluding carboxylic acids is 1. The number of hydrogen-bond acceptors (Lipinski definition) is 5. The third kappa shape index (κ3) is 4.17. The number of ether oxygens (including phenoxy) is 1. The summed E-state index contributed by atoms with van der Waals surface area (Å²) in [5, 5.41) is 9.31. The molecule has 208 valence electrons. The number of rotatable bonds is 4. The first kappa shape index (κ1) is 26.8. The molecule has 2 aromatic carbocycles. The van der Waals surface area contributed by atoms with Crippen LogP contribution in [0.1, 0.15) is 49.9 Å². The van der Waals surface area contributed by atoms with E-state index in [1.54, 1.807) is 24.3 Å². The number of amides is 1. The number of likely N-dealkylation sites (tertiary alicyclic amines) is 1. The molecule has 39 heavy (non-hydrogen) atoms. The predicted octanol–water partition coefficient (Wildman–Crippen LogP) is 4.90. The molecule has 12 heteroatoms. The van der Waals surface area contributed by atoms with E-state index in [0.29, 0.717) is 17.1 Å². The van der Waals surface area contributed by atoms with Crippen molar-refractivity contribution in [3.63, 3.8) is 0 Å². The highest BCUT2D eigenvalue weighted by Gasteiger charge is 2.48. The molecule has 5 rings (SSSR count). The fourth-order valence-electron chi connectivity index (χ4n) is 5.06. The van der Waals surface area contributed by atoms with Crippen LogP contribution in [0.5, 0.6) is 5.75 Å². The molecule has 1 amide bonds. The smallest absolute Gasteiger partial charge is 0.431 e. The van der Waals surface area contributed by atoms with Gasteiger partial charge >= 0.3 is 12.1 Å². The van der Waals surface area contributed by atoms with Crippen molar-refractivity contribution < 1.29 is 42.4 Å². The average molecular weight is 565 g/mol. The van der Waals surface area contributed by atoms with Crippen molar-refractivity contribution in [2.24, 2.45) is 0 Å². The monoisotopic (exact) mass is 564 g/mol. The lowest BCUT2D eigenvalue weighted by atomic mass is 9.86. The van der Waals surface area contributed by atoms with Crippen molar-refractivity contribution in [1.29, 1.82) is 0 Å². The van der Waals surface area contributed by atoms with Crippen molar-refractivity contribution in [2.45, 2.75) is 48.1 Å². The summed E-state index contributed by atoms with van der Waals surface area (Å²) in [6, 6.07) is 14.0. The van der Waals surface area contributed by atoms with E-state index in [2.05, 4.69) is 0 Å². The maximum Gasteiger partial charge on any atom is 0.431 e. The van der Waals surface area contributed by atoms with E-state index < -0.39 is 38.0 Å². The van der Waals surface area contributed by atoms with Crippen LogP contribution in [0.2, 0.25) is 0 Å². The maximum atomic E-state index is 13.8. The minimum atomic E-state index is -4.57. The van der Waals surface area contributed by atoms with Gasteiger partial charge in [0.25, 0.3) is 5.91 Å². The minimum absolute atomic E-state index is 0. The van der Waals surface area contributed by atoms with Gasteiger partial charge in [0.05, 0.1) is 16.3 Å². The Morgan fingerprint density at radius 3 is 2.18 bits per heavy atom. The first-order valence-electron chi connectivity index (χ1n) is 12.1. The molecule has 3 aromatic rings. The molecule has 2 aliphatic heterocycles. The van der Waals surface area contributed by atoms with Crippen LogP contribution in [0.15, 0.2) is 65.6 Å². The van der Waals surface area contributed by atoms with Gasteiger partial charge in [0.15, 0.2) is 20.2 Å². The lowest BCUT2D eigenvalue weighted by molar-refractivity contribution is -0.143. The Labute approximate surface area is 224 Å². The number of benzene rings is 2. The van der Waals surface area contributed by atoms with Gasteiger partial charge in [-0.25, -0.2) is 8.42 Å². The van der Waals surface area contributed by atoms with Crippen molar-refractivity contribution in [3.8, 4) is 11.4 Å². The fraction of sp³-hybridized carbons (Fsp3) is 0.333. The number of halogens is 3. The zero-order valence-electron chi connectivity index (χ0n) is 21.0. The van der Waals surface area contributed by atoms with Crippen LogP contribution in [-0.2, 0) is 26.4 Å². The number of para-hydroxylation sites is 2. The van der Waals surface area contributed by atoms with E-state index in [1.165, 1.54) is 39.8 Å². The Balaban J connectivity index is 0.00000370. The first-order valence-corrected chi connectivity index (χ1v) is 13.6. The first-order chi connectivity index (χ1) is 18.2. The Morgan fingerprint density at radius 1 is 0.974 bits per heavy atom. The molecule has 1 spiro atoms. The number of carbonyl (C=O) groups is 2. The largest absolute Gasteiger partial charge is 0.480 e. The zero-order valence-corrected chi connectivity index (χ0v) is 21.8. The highest BCUT2D eigenvalue weighted by molar-refractivity contribution is 7.93. The van der Waals surface area contributed by atoms with Crippen LogP contribution < -0.4 is 4.74 Å². The van der Waals surface area contributed by atoms with Gasteiger partial charge in [-0.2, -0.15) is 13.2 Å². The van der Waals surface area contributed by atoms with Gasteiger partial charge in [0.1, 0.15) is 11.4 Å². The molecule has 1 N–H and O–H groups in total. The number of sulfone groups is 1. The number of fused-ring (bicyclic) bond motifs is 4. The summed E-state index contributed by atoms with van der Waals surface area (Å²) in [6.07, 6.45) is -4.08. The van der Waals surface area contributed by atoms with Gasteiger partial charge in [-0.1, -0.05) is 12.1 Å². The number of aromatic nitrogens is 1. The molecule has 1 aromatic heterocycles. The summed E-state index contributed by atoms with van der Waals surface area (Å²) in [4.78, 5) is 26.0. The number of alkyl halides is 3. The van der Waals surface area contributed by atoms with E-state index in [0.717, 1.165) is 19.9 Å². The molecule has 0 radical (unpaired) electrons. The summed E-state index contributed by atoms with van der Waals surface area (Å²) in [5.74, 6) is -1.55. The molecule has 2 aliphatic rings. The van der Waals surface area contributed by atoms with Crippen LogP contribution in [0.25, 0.3) is 5.69 Å². The van der Waals surface area contributed by atoms with Gasteiger partial charge in [-0.3, -0.25) is 9.59 Å². The van der Waals surface area contributed by atoms with Gasteiger partial charge in [0.2, 0.25) is 0 Å². The van der Waals surface area contributed by atoms with Crippen molar-refractivity contribution in [1.82, 2.24) is 9.47 Å². The second-order valence-corrected chi connectivity index (χ2v) is 12.6. The molecule has 1 fully saturated rings. The summed E-state index contributed by atoms with van der Waals surface area (Å²) in [7, 11) is -4.21. The second kappa shape index (κ2) is 8.87. The fourth-order valence-corrected chi connectivity index (χ4v) is 6.38. The average Bonchev–Trinajstić information content (AvgIpc) is 3.36. The number of aliphatic carboxylic acids is 1. The molecule has 1 saturated heterocycles. The molecule has 0 bridgehead atoms. The lowest BCUT2D eigenvalue weighted by Crippen LogP contribution is -2.50. The van der Waals surface area contributed by atoms with E-state index in [-0.39, 0.29) is 43.7 Å². The third-order valence-electron chi connectivity index (χ3n) is 7.51. The van der Waals surface area contributed by atoms with E-state index in [9.17, 15) is 36.3 Å². The van der Waals surface area contributed by atoms with Gasteiger partial charge in [0, 0.05) is 32.9 Å². The molecule has 0 saturated carbocycles. The number of carboxylic acid groups (broad SMARTS) is 1. The normalized spacial score (nSPS) is 16.8. The van der Waals surface area contributed by atoms with E-state index in [4.69, 9.17) is 4.74 Å². The van der Waals surface area contributed by atoms with Crippen molar-refractivity contribution in [3.05, 3.63) is 77.6 Å². The molecule has 0 unspecified atom stereocenters. The summed E-state index contributed by atoms with van der Waals surface area (Å²) >= 11 is 0. The lowest BCUT2D eigenvalue weighted by Gasteiger charge is -2.45. The number of nitrogens with zero attached hydrogens (tertiary/aromatic N) is 2. The molecule has 0 atom stereocenters. The number of piperidine rings is 1. The Bertz CT molecular complexity index is 1570. The molecule has 8 nitrogen and oxygen atoms in total. The second-order valence-electron chi connectivity index (χ2n) is 10.1. The number of hydrogen-bond donors (Lipinski definition) is 1. The van der Waals surface area contributed by atoms with Gasteiger partial charge in [-0.05, 0) is 62.4 Å². The third-order valence-corrected chi connectivity index (χ3v) is 9.92. The van der Waals surface area contributed by atoms with Crippen LogP contribution >= 0.6 is 0 Å². The zero-order chi connectivity index (χ0) is 28.4. The Hall–Kier alpha value is -3.80. The van der Waals surface area contributed by atoms with Crippen LogP contribution in [0, 0.1) is 0 Å². The van der Waals surface area contributed by atoms with Gasteiger partial charge < -0.3 is 19.3 Å². The van der Waals surface area contributed by atoms with Crippen LogP contribution in [0.4, 0.5) is 13.2 Å².